The van der Waals surface area contributed by atoms with Crippen molar-refractivity contribution >= 4 is 18.2 Å². The maximum atomic E-state index is 12.9. The Balaban J connectivity index is 1.31. The van der Waals surface area contributed by atoms with E-state index in [9.17, 15) is 9.59 Å². The molecule has 2 heterocycles. The van der Waals surface area contributed by atoms with Crippen LogP contribution in [-0.4, -0.2) is 53.3 Å². The van der Waals surface area contributed by atoms with E-state index in [-0.39, 0.29) is 11.5 Å². The third-order valence-corrected chi connectivity index (χ3v) is 6.35. The predicted molar refractivity (Wildman–Crippen MR) is 122 cm³/mol. The zero-order chi connectivity index (χ0) is 22.5. The first-order chi connectivity index (χ1) is 15.6. The molecule has 0 bridgehead atoms. The Bertz CT molecular complexity index is 1110. The topological polar surface area (TPSA) is 88.9 Å². The molecule has 1 aliphatic carbocycles. The van der Waals surface area contributed by atoms with Crippen molar-refractivity contribution < 1.29 is 14.3 Å². The summed E-state index contributed by atoms with van der Waals surface area (Å²) in [5.74, 6) is 0.928. The van der Waals surface area contributed by atoms with Crippen molar-refractivity contribution in [3.8, 4) is 5.75 Å². The van der Waals surface area contributed by atoms with Gasteiger partial charge in [-0.1, -0.05) is 25.8 Å². The number of hydrogen-bond donors (Lipinski definition) is 1. The molecule has 0 spiro atoms. The van der Waals surface area contributed by atoms with Gasteiger partial charge in [-0.3, -0.25) is 14.6 Å². The van der Waals surface area contributed by atoms with Crippen molar-refractivity contribution in [3.05, 3.63) is 45.1 Å². The molecule has 1 fully saturated rings. The van der Waals surface area contributed by atoms with Gasteiger partial charge < -0.3 is 18.9 Å². The summed E-state index contributed by atoms with van der Waals surface area (Å²) >= 11 is 0. The Labute approximate surface area is 187 Å². The second kappa shape index (κ2) is 10.2. The lowest BCUT2D eigenvalue weighted by Gasteiger charge is -2.34. The van der Waals surface area contributed by atoms with Crippen molar-refractivity contribution in [2.24, 2.45) is 4.99 Å². The first-order valence-corrected chi connectivity index (χ1v) is 11.5. The van der Waals surface area contributed by atoms with E-state index >= 15 is 0 Å². The van der Waals surface area contributed by atoms with Crippen molar-refractivity contribution in [1.29, 1.82) is 0 Å². The number of imidazole rings is 1. The highest BCUT2D eigenvalue weighted by Gasteiger charge is 2.24. The number of rotatable bonds is 9. The van der Waals surface area contributed by atoms with Gasteiger partial charge in [0, 0.05) is 31.7 Å². The van der Waals surface area contributed by atoms with Crippen LogP contribution in [0.2, 0.25) is 0 Å². The molecule has 4 rings (SSSR count). The highest BCUT2D eigenvalue weighted by Crippen LogP contribution is 2.27. The summed E-state index contributed by atoms with van der Waals surface area (Å²) in [6.07, 6.45) is 6.98. The minimum absolute atomic E-state index is 0.189. The van der Waals surface area contributed by atoms with Gasteiger partial charge in [-0.25, -0.2) is 4.99 Å². The number of hydrogen-bond acceptors (Lipinski definition) is 5. The number of carbonyl (C=O) groups excluding carboxylic acids is 1. The van der Waals surface area contributed by atoms with Crippen LogP contribution in [0.15, 0.2) is 28.0 Å². The van der Waals surface area contributed by atoms with Crippen LogP contribution < -0.4 is 21.3 Å². The summed E-state index contributed by atoms with van der Waals surface area (Å²) < 4.78 is 12.9. The quantitative estimate of drug-likeness (QED) is 0.515. The number of H-pyrrole nitrogens is 1. The molecule has 8 heteroatoms. The van der Waals surface area contributed by atoms with Gasteiger partial charge in [0.1, 0.15) is 11.1 Å². The molecule has 1 saturated carbocycles. The fraction of sp³-hybridized carbons (Fsp3) is 0.542. The molecule has 0 atom stereocenters. The van der Waals surface area contributed by atoms with Gasteiger partial charge in [0.2, 0.25) is 11.5 Å². The number of ether oxygens (including phenoxy) is 2. The molecule has 32 heavy (non-hydrogen) atoms. The van der Waals surface area contributed by atoms with Crippen molar-refractivity contribution in [3.63, 3.8) is 0 Å². The lowest BCUT2D eigenvalue weighted by molar-refractivity contribution is -0.135. The van der Waals surface area contributed by atoms with Crippen LogP contribution in [0, 0.1) is 0 Å². The molecule has 0 radical (unpaired) electrons. The standard InChI is InChI=1S/C24H32N4O4/c1-17-23(30)26-24-25-21-11-10-20(15-18(21)16-28(17)24)32-13-6-9-22(29)27(12-14-31-2)19-7-4-3-5-8-19/h10-11,15,19H,1,3-9,12-14,16H2,2H3,(H,25,26,30). The van der Waals surface area contributed by atoms with E-state index in [4.69, 9.17) is 9.47 Å². The molecule has 1 aromatic carbocycles. The number of nitrogens with zero attached hydrogens (tertiary/aromatic N) is 3. The average molecular weight is 441 g/mol. The zero-order valence-corrected chi connectivity index (χ0v) is 18.8. The molecule has 1 N–H and O–H groups in total. The lowest BCUT2D eigenvalue weighted by atomic mass is 9.94. The Morgan fingerprint density at radius 1 is 1.28 bits per heavy atom. The Morgan fingerprint density at radius 2 is 2.09 bits per heavy atom. The highest BCUT2D eigenvalue weighted by atomic mass is 16.5. The summed E-state index contributed by atoms with van der Waals surface area (Å²) in [4.78, 5) is 33.9. The Morgan fingerprint density at radius 3 is 2.88 bits per heavy atom. The number of carbonyl (C=O) groups is 1. The van der Waals surface area contributed by atoms with Gasteiger partial charge in [0.15, 0.2) is 0 Å². The van der Waals surface area contributed by atoms with E-state index in [1.807, 2.05) is 23.1 Å². The molecule has 8 nitrogen and oxygen atoms in total. The molecule has 1 aromatic heterocycles. The largest absolute Gasteiger partial charge is 0.494 e. The van der Waals surface area contributed by atoms with Crippen molar-refractivity contribution in [1.82, 2.24) is 14.5 Å². The second-order valence-electron chi connectivity index (χ2n) is 8.54. The average Bonchev–Trinajstić information content (AvgIpc) is 3.08. The number of fused-ring (bicyclic) bond motifs is 2. The van der Waals surface area contributed by atoms with E-state index in [2.05, 4.69) is 16.6 Å². The number of amides is 1. The van der Waals surface area contributed by atoms with Crippen LogP contribution >= 0.6 is 0 Å². The van der Waals surface area contributed by atoms with Gasteiger partial charge in [0.05, 0.1) is 25.4 Å². The number of methoxy groups -OCH3 is 1. The van der Waals surface area contributed by atoms with Crippen molar-refractivity contribution in [2.75, 3.05) is 26.9 Å². The first-order valence-electron chi connectivity index (χ1n) is 11.5. The van der Waals surface area contributed by atoms with Gasteiger partial charge >= 0.3 is 0 Å². The van der Waals surface area contributed by atoms with Gasteiger partial charge in [-0.05, 0) is 37.5 Å². The van der Waals surface area contributed by atoms with Gasteiger partial charge in [-0.15, -0.1) is 0 Å². The number of benzene rings is 1. The zero-order valence-electron chi connectivity index (χ0n) is 18.8. The Kier molecular flexibility index (Phi) is 7.09. The number of aromatic amines is 1. The third-order valence-electron chi connectivity index (χ3n) is 6.35. The molecule has 0 saturated heterocycles. The normalized spacial score (nSPS) is 15.5. The molecule has 2 aromatic rings. The summed E-state index contributed by atoms with van der Waals surface area (Å²) in [5, 5.41) is 0.398. The minimum atomic E-state index is -0.217. The highest BCUT2D eigenvalue weighted by molar-refractivity contribution is 5.76. The van der Waals surface area contributed by atoms with E-state index in [0.717, 1.165) is 29.8 Å². The van der Waals surface area contributed by atoms with Crippen molar-refractivity contribution in [2.45, 2.75) is 57.5 Å². The molecule has 0 unspecified atom stereocenters. The summed E-state index contributed by atoms with van der Waals surface area (Å²) in [6.45, 7) is 6.04. The summed E-state index contributed by atoms with van der Waals surface area (Å²) in [6, 6.07) is 6.06. The smallest absolute Gasteiger partial charge is 0.274 e. The second-order valence-corrected chi connectivity index (χ2v) is 8.54. The number of aromatic nitrogens is 2. The maximum Gasteiger partial charge on any atom is 0.274 e. The van der Waals surface area contributed by atoms with E-state index < -0.39 is 0 Å². The van der Waals surface area contributed by atoms with Crippen LogP contribution in [-0.2, 0) is 16.1 Å². The fourth-order valence-electron chi connectivity index (χ4n) is 4.57. The lowest BCUT2D eigenvalue weighted by Crippen LogP contribution is -2.43. The molecule has 2 aliphatic rings. The van der Waals surface area contributed by atoms with E-state index in [1.165, 1.54) is 19.3 Å². The van der Waals surface area contributed by atoms with Crippen LogP contribution in [0.5, 0.6) is 5.75 Å². The molecule has 1 amide bonds. The summed E-state index contributed by atoms with van der Waals surface area (Å²) in [5.41, 5.74) is 2.10. The molecular formula is C24H32N4O4. The monoisotopic (exact) mass is 440 g/mol. The predicted octanol–water partition coefficient (Wildman–Crippen LogP) is 1.87. The van der Waals surface area contributed by atoms with Gasteiger partial charge in [-0.2, -0.15) is 0 Å². The SMILES string of the molecule is C=c1c(=O)[nH]c2n1Cc1cc(OCCCC(=O)N(CCOC)C3CCCCC3)ccc1N=2. The summed E-state index contributed by atoms with van der Waals surface area (Å²) in [7, 11) is 1.68. The maximum absolute atomic E-state index is 12.9. The van der Waals surface area contributed by atoms with Crippen LogP contribution in [0.25, 0.3) is 6.58 Å². The fourth-order valence-corrected chi connectivity index (χ4v) is 4.57. The van der Waals surface area contributed by atoms with E-state index in [1.54, 1.807) is 11.7 Å². The number of nitrogens with one attached hydrogen (secondary N) is 1. The van der Waals surface area contributed by atoms with Crippen LogP contribution in [0.4, 0.5) is 5.69 Å². The molecule has 172 valence electrons. The molecule has 1 aliphatic heterocycles. The van der Waals surface area contributed by atoms with Gasteiger partial charge in [0.25, 0.3) is 5.56 Å². The van der Waals surface area contributed by atoms with Crippen LogP contribution in [0.3, 0.4) is 0 Å². The van der Waals surface area contributed by atoms with E-state index in [0.29, 0.717) is 56.2 Å². The first kappa shape index (κ1) is 22.3. The van der Waals surface area contributed by atoms with Crippen LogP contribution in [0.1, 0.15) is 50.5 Å². The Hall–Kier alpha value is -2.87. The minimum Gasteiger partial charge on any atom is -0.494 e. The molecular weight excluding hydrogens is 408 g/mol. The third kappa shape index (κ3) is 4.96.